The molecule has 1 amide bonds. The number of nitrogens with two attached hydrogens (primary N) is 1. The molecule has 4 heteroatoms. The van der Waals surface area contributed by atoms with Crippen molar-refractivity contribution in [2.24, 2.45) is 5.73 Å². The quantitative estimate of drug-likeness (QED) is 0.627. The fourth-order valence-electron chi connectivity index (χ4n) is 2.03. The van der Waals surface area contributed by atoms with E-state index in [0.29, 0.717) is 0 Å². The van der Waals surface area contributed by atoms with Gasteiger partial charge < -0.3 is 16.0 Å². The molecule has 0 aromatic carbocycles. The highest BCUT2D eigenvalue weighted by Gasteiger charge is 2.14. The molecule has 2 unspecified atom stereocenters. The lowest BCUT2D eigenvalue weighted by Crippen LogP contribution is -2.44. The van der Waals surface area contributed by atoms with Crippen molar-refractivity contribution in [1.29, 1.82) is 0 Å². The number of hydrogen-bond acceptors (Lipinski definition) is 3. The molecule has 0 saturated heterocycles. The highest BCUT2D eigenvalue weighted by Crippen LogP contribution is 2.01. The molecule has 3 N–H and O–H groups in total. The third kappa shape index (κ3) is 7.67. The van der Waals surface area contributed by atoms with E-state index in [1.54, 1.807) is 0 Å². The summed E-state index contributed by atoms with van der Waals surface area (Å²) in [5.74, 6) is -0.00723. The van der Waals surface area contributed by atoms with Gasteiger partial charge in [-0.25, -0.2) is 0 Å². The number of carbonyl (C=O) groups excluding carboxylic acids is 1. The maximum Gasteiger partial charge on any atom is 0.237 e. The molecule has 0 saturated carbocycles. The van der Waals surface area contributed by atoms with Crippen molar-refractivity contribution in [2.75, 3.05) is 19.6 Å². The first-order valence-electron chi connectivity index (χ1n) is 7.33. The van der Waals surface area contributed by atoms with Gasteiger partial charge in [0.25, 0.3) is 0 Å². The highest BCUT2D eigenvalue weighted by atomic mass is 16.2. The Hall–Kier alpha value is -0.610. The van der Waals surface area contributed by atoms with Crippen LogP contribution in [0.4, 0.5) is 0 Å². The van der Waals surface area contributed by atoms with Crippen LogP contribution in [0.2, 0.25) is 0 Å². The Morgan fingerprint density at radius 3 is 2.33 bits per heavy atom. The number of nitrogens with zero attached hydrogens (tertiary/aromatic N) is 1. The fraction of sp³-hybridized carbons (Fsp3) is 0.929. The standard InChI is InChI=1S/C14H31N3O/c1-5-9-13(15)14(18)16-12(4)10-8-11-17(6-2)7-3/h12-13H,5-11,15H2,1-4H3,(H,16,18). The Balaban J connectivity index is 3.76. The van der Waals surface area contributed by atoms with Gasteiger partial charge in [-0.1, -0.05) is 27.2 Å². The Labute approximate surface area is 112 Å². The summed E-state index contributed by atoms with van der Waals surface area (Å²) >= 11 is 0. The van der Waals surface area contributed by atoms with Crippen LogP contribution in [-0.2, 0) is 4.79 Å². The van der Waals surface area contributed by atoms with Gasteiger partial charge in [0.1, 0.15) is 0 Å². The van der Waals surface area contributed by atoms with E-state index in [9.17, 15) is 4.79 Å². The molecule has 108 valence electrons. The SMILES string of the molecule is CCCC(N)C(=O)NC(C)CCCN(CC)CC. The van der Waals surface area contributed by atoms with Crippen molar-refractivity contribution in [3.63, 3.8) is 0 Å². The molecule has 0 aliphatic heterocycles. The Morgan fingerprint density at radius 1 is 1.22 bits per heavy atom. The second kappa shape index (κ2) is 10.3. The molecular weight excluding hydrogens is 226 g/mol. The van der Waals surface area contributed by atoms with Crippen molar-refractivity contribution >= 4 is 5.91 Å². The molecule has 2 atom stereocenters. The molecule has 0 aliphatic rings. The van der Waals surface area contributed by atoms with Gasteiger partial charge >= 0.3 is 0 Å². The molecule has 0 aliphatic carbocycles. The summed E-state index contributed by atoms with van der Waals surface area (Å²) in [4.78, 5) is 14.1. The smallest absolute Gasteiger partial charge is 0.237 e. The highest BCUT2D eigenvalue weighted by molar-refractivity contribution is 5.81. The maximum atomic E-state index is 11.7. The van der Waals surface area contributed by atoms with Gasteiger partial charge in [0.2, 0.25) is 5.91 Å². The fourth-order valence-corrected chi connectivity index (χ4v) is 2.03. The van der Waals surface area contributed by atoms with E-state index in [1.165, 1.54) is 0 Å². The van der Waals surface area contributed by atoms with Gasteiger partial charge in [0.05, 0.1) is 6.04 Å². The molecule has 0 bridgehead atoms. The van der Waals surface area contributed by atoms with Gasteiger partial charge in [0.15, 0.2) is 0 Å². The summed E-state index contributed by atoms with van der Waals surface area (Å²) in [5, 5.41) is 2.99. The monoisotopic (exact) mass is 257 g/mol. The van der Waals surface area contributed by atoms with E-state index in [4.69, 9.17) is 5.73 Å². The summed E-state index contributed by atoms with van der Waals surface area (Å²) < 4.78 is 0. The molecule has 18 heavy (non-hydrogen) atoms. The average Bonchev–Trinajstić information content (AvgIpc) is 2.34. The summed E-state index contributed by atoms with van der Waals surface area (Å²) in [6, 6.07) is -0.129. The van der Waals surface area contributed by atoms with Crippen LogP contribution in [0.25, 0.3) is 0 Å². The van der Waals surface area contributed by atoms with Crippen LogP contribution in [0.5, 0.6) is 0 Å². The van der Waals surface area contributed by atoms with Crippen molar-refractivity contribution in [3.05, 3.63) is 0 Å². The minimum atomic E-state index is -0.347. The second-order valence-corrected chi connectivity index (χ2v) is 4.97. The van der Waals surface area contributed by atoms with Crippen LogP contribution in [0, 0.1) is 0 Å². The van der Waals surface area contributed by atoms with Gasteiger partial charge in [-0.05, 0) is 45.8 Å². The summed E-state index contributed by atoms with van der Waals surface area (Å²) in [6.07, 6.45) is 3.84. The predicted molar refractivity (Wildman–Crippen MR) is 77.5 cm³/mol. The lowest BCUT2D eigenvalue weighted by atomic mass is 10.1. The predicted octanol–water partition coefficient (Wildman–Crippen LogP) is 1.74. The van der Waals surface area contributed by atoms with E-state index in [1.807, 2.05) is 6.92 Å². The van der Waals surface area contributed by atoms with Gasteiger partial charge in [-0.15, -0.1) is 0 Å². The summed E-state index contributed by atoms with van der Waals surface area (Å²) in [6.45, 7) is 11.8. The van der Waals surface area contributed by atoms with Crippen LogP contribution in [-0.4, -0.2) is 42.5 Å². The van der Waals surface area contributed by atoms with E-state index in [2.05, 4.69) is 31.0 Å². The molecular formula is C14H31N3O. The van der Waals surface area contributed by atoms with E-state index in [-0.39, 0.29) is 18.0 Å². The second-order valence-electron chi connectivity index (χ2n) is 4.97. The van der Waals surface area contributed by atoms with Crippen LogP contribution in [0.3, 0.4) is 0 Å². The van der Waals surface area contributed by atoms with Crippen LogP contribution < -0.4 is 11.1 Å². The van der Waals surface area contributed by atoms with E-state index >= 15 is 0 Å². The van der Waals surface area contributed by atoms with E-state index < -0.39 is 0 Å². The molecule has 0 aromatic heterocycles. The number of rotatable bonds is 10. The summed E-state index contributed by atoms with van der Waals surface area (Å²) in [5.41, 5.74) is 5.78. The van der Waals surface area contributed by atoms with Crippen LogP contribution >= 0.6 is 0 Å². The number of nitrogens with one attached hydrogen (secondary N) is 1. The maximum absolute atomic E-state index is 11.7. The molecule has 4 nitrogen and oxygen atoms in total. The topological polar surface area (TPSA) is 58.4 Å². The van der Waals surface area contributed by atoms with Crippen molar-refractivity contribution in [1.82, 2.24) is 10.2 Å². The number of hydrogen-bond donors (Lipinski definition) is 2. The third-order valence-electron chi connectivity index (χ3n) is 3.33. The molecule has 0 aromatic rings. The van der Waals surface area contributed by atoms with Gasteiger partial charge in [-0.2, -0.15) is 0 Å². The Morgan fingerprint density at radius 2 is 1.83 bits per heavy atom. The third-order valence-corrected chi connectivity index (χ3v) is 3.33. The normalized spacial score (nSPS) is 14.6. The number of amides is 1. The van der Waals surface area contributed by atoms with Gasteiger partial charge in [0, 0.05) is 6.04 Å². The van der Waals surface area contributed by atoms with Crippen LogP contribution in [0.15, 0.2) is 0 Å². The average molecular weight is 257 g/mol. The first-order valence-corrected chi connectivity index (χ1v) is 7.33. The van der Waals surface area contributed by atoms with Crippen LogP contribution in [0.1, 0.15) is 53.4 Å². The van der Waals surface area contributed by atoms with Gasteiger partial charge in [-0.3, -0.25) is 4.79 Å². The lowest BCUT2D eigenvalue weighted by molar-refractivity contribution is -0.123. The Bertz CT molecular complexity index is 217. The largest absolute Gasteiger partial charge is 0.352 e. The number of carbonyl (C=O) groups is 1. The summed E-state index contributed by atoms with van der Waals surface area (Å²) in [7, 11) is 0. The lowest BCUT2D eigenvalue weighted by Gasteiger charge is -2.20. The molecule has 0 spiro atoms. The molecule has 0 rings (SSSR count). The zero-order chi connectivity index (χ0) is 14.0. The zero-order valence-corrected chi connectivity index (χ0v) is 12.5. The Kier molecular flexibility index (Phi) is 9.98. The molecule has 0 fully saturated rings. The minimum Gasteiger partial charge on any atom is -0.352 e. The van der Waals surface area contributed by atoms with Crippen molar-refractivity contribution in [2.45, 2.75) is 65.5 Å². The first kappa shape index (κ1) is 17.4. The minimum absolute atomic E-state index is 0.00723. The molecule has 0 radical (unpaired) electrons. The first-order chi connectivity index (χ1) is 8.54. The van der Waals surface area contributed by atoms with E-state index in [0.717, 1.165) is 45.3 Å². The van der Waals surface area contributed by atoms with Crippen molar-refractivity contribution in [3.8, 4) is 0 Å². The molecule has 0 heterocycles. The van der Waals surface area contributed by atoms with Crippen molar-refractivity contribution < 1.29 is 4.79 Å². The zero-order valence-electron chi connectivity index (χ0n) is 12.5.